The predicted octanol–water partition coefficient (Wildman–Crippen LogP) is 3.12. The topological polar surface area (TPSA) is 41.1 Å². The monoisotopic (exact) mass is 266 g/mol. The largest absolute Gasteiger partial charge is 0.374 e. The van der Waals surface area contributed by atoms with Crippen LogP contribution < -0.4 is 10.6 Å². The van der Waals surface area contributed by atoms with Crippen molar-refractivity contribution in [3.05, 3.63) is 24.3 Å². The van der Waals surface area contributed by atoms with Crippen molar-refractivity contribution >= 4 is 23.4 Å². The van der Waals surface area contributed by atoms with Crippen molar-refractivity contribution in [1.29, 1.82) is 0 Å². The van der Waals surface area contributed by atoms with E-state index in [2.05, 4.69) is 17.6 Å². The summed E-state index contributed by atoms with van der Waals surface area (Å²) < 4.78 is 0. The van der Waals surface area contributed by atoms with Gasteiger partial charge >= 0.3 is 0 Å². The van der Waals surface area contributed by atoms with Crippen molar-refractivity contribution in [3.63, 3.8) is 0 Å². The molecule has 0 saturated heterocycles. The smallest absolute Gasteiger partial charge is 0.242 e. The second kappa shape index (κ2) is 7.31. The molecule has 0 fully saturated rings. The second-order valence-corrected chi connectivity index (χ2v) is 5.29. The summed E-state index contributed by atoms with van der Waals surface area (Å²) in [5.74, 6) is 0.0401. The van der Waals surface area contributed by atoms with Crippen LogP contribution in [0.3, 0.4) is 0 Å². The van der Waals surface area contributed by atoms with Gasteiger partial charge in [-0.15, -0.1) is 11.8 Å². The third-order valence-electron chi connectivity index (χ3n) is 2.87. The van der Waals surface area contributed by atoms with E-state index in [0.29, 0.717) is 0 Å². The maximum Gasteiger partial charge on any atom is 0.242 e. The van der Waals surface area contributed by atoms with E-state index in [-0.39, 0.29) is 18.0 Å². The SMILES string of the molecule is CCC(C)NC(=O)C(C)Nc1ccc(SC)cc1. The van der Waals surface area contributed by atoms with Crippen molar-refractivity contribution in [2.75, 3.05) is 11.6 Å². The van der Waals surface area contributed by atoms with Crippen molar-refractivity contribution in [3.8, 4) is 0 Å². The summed E-state index contributed by atoms with van der Waals surface area (Å²) in [7, 11) is 0. The zero-order chi connectivity index (χ0) is 13.5. The zero-order valence-corrected chi connectivity index (χ0v) is 12.3. The molecule has 0 aliphatic rings. The van der Waals surface area contributed by atoms with Crippen LogP contribution >= 0.6 is 11.8 Å². The summed E-state index contributed by atoms with van der Waals surface area (Å²) in [6, 6.07) is 8.09. The van der Waals surface area contributed by atoms with Gasteiger partial charge in [0.05, 0.1) is 0 Å². The highest BCUT2D eigenvalue weighted by Crippen LogP contribution is 2.17. The summed E-state index contributed by atoms with van der Waals surface area (Å²) in [4.78, 5) is 13.1. The Morgan fingerprint density at radius 2 is 1.89 bits per heavy atom. The Hall–Kier alpha value is -1.16. The van der Waals surface area contributed by atoms with Crippen molar-refractivity contribution in [1.82, 2.24) is 5.32 Å². The number of rotatable bonds is 6. The summed E-state index contributed by atoms with van der Waals surface area (Å²) >= 11 is 1.71. The average Bonchev–Trinajstić information content (AvgIpc) is 2.39. The first kappa shape index (κ1) is 14.9. The minimum Gasteiger partial charge on any atom is -0.374 e. The fourth-order valence-corrected chi connectivity index (χ4v) is 1.88. The molecule has 0 spiro atoms. The molecule has 0 aliphatic carbocycles. The molecule has 0 aliphatic heterocycles. The molecule has 0 radical (unpaired) electrons. The quantitative estimate of drug-likeness (QED) is 0.777. The van der Waals surface area contributed by atoms with Gasteiger partial charge in [0, 0.05) is 16.6 Å². The second-order valence-electron chi connectivity index (χ2n) is 4.41. The molecule has 0 aromatic heterocycles. The van der Waals surface area contributed by atoms with Crippen LogP contribution in [0.4, 0.5) is 5.69 Å². The van der Waals surface area contributed by atoms with Gasteiger partial charge in [0.1, 0.15) is 6.04 Å². The van der Waals surface area contributed by atoms with Crippen LogP contribution in [0, 0.1) is 0 Å². The Kier molecular flexibility index (Phi) is 6.05. The Labute approximate surface area is 114 Å². The van der Waals surface area contributed by atoms with Gasteiger partial charge in [-0.05, 0) is 50.8 Å². The molecular formula is C14H22N2OS. The van der Waals surface area contributed by atoms with Crippen LogP contribution in [0.5, 0.6) is 0 Å². The minimum absolute atomic E-state index is 0.0401. The standard InChI is InChI=1S/C14H22N2OS/c1-5-10(2)15-14(17)11(3)16-12-6-8-13(18-4)9-7-12/h6-11,16H,5H2,1-4H3,(H,15,17). The molecule has 0 heterocycles. The normalized spacial score (nSPS) is 13.8. The molecule has 2 N–H and O–H groups in total. The molecule has 4 heteroatoms. The van der Waals surface area contributed by atoms with Gasteiger partial charge in [0.25, 0.3) is 0 Å². The molecule has 1 rings (SSSR count). The first-order valence-electron chi connectivity index (χ1n) is 6.27. The molecule has 100 valence electrons. The molecule has 3 nitrogen and oxygen atoms in total. The highest BCUT2D eigenvalue weighted by molar-refractivity contribution is 7.98. The Morgan fingerprint density at radius 1 is 1.28 bits per heavy atom. The number of amides is 1. The number of anilines is 1. The molecule has 0 bridgehead atoms. The van der Waals surface area contributed by atoms with E-state index in [1.54, 1.807) is 11.8 Å². The van der Waals surface area contributed by atoms with E-state index in [1.165, 1.54) is 4.90 Å². The van der Waals surface area contributed by atoms with Crippen LogP contribution in [0.1, 0.15) is 27.2 Å². The first-order valence-corrected chi connectivity index (χ1v) is 7.50. The molecule has 2 unspecified atom stereocenters. The minimum atomic E-state index is -0.223. The van der Waals surface area contributed by atoms with Crippen molar-refractivity contribution in [2.24, 2.45) is 0 Å². The lowest BCUT2D eigenvalue weighted by atomic mass is 10.2. The highest BCUT2D eigenvalue weighted by atomic mass is 32.2. The van der Waals surface area contributed by atoms with Crippen LogP contribution in [-0.2, 0) is 4.79 Å². The van der Waals surface area contributed by atoms with Gasteiger partial charge < -0.3 is 10.6 Å². The molecule has 1 aromatic rings. The van der Waals surface area contributed by atoms with E-state index in [9.17, 15) is 4.79 Å². The molecule has 1 aromatic carbocycles. The Balaban J connectivity index is 2.52. The van der Waals surface area contributed by atoms with Gasteiger partial charge in [-0.1, -0.05) is 6.92 Å². The number of carbonyl (C=O) groups excluding carboxylic acids is 1. The summed E-state index contributed by atoms with van der Waals surface area (Å²) in [5.41, 5.74) is 0.972. The van der Waals surface area contributed by atoms with Crippen LogP contribution in [0.15, 0.2) is 29.2 Å². The van der Waals surface area contributed by atoms with Gasteiger partial charge in [0.2, 0.25) is 5.91 Å². The van der Waals surface area contributed by atoms with E-state index in [0.717, 1.165) is 12.1 Å². The lowest BCUT2D eigenvalue weighted by Gasteiger charge is -2.18. The van der Waals surface area contributed by atoms with Gasteiger partial charge in [-0.25, -0.2) is 0 Å². The lowest BCUT2D eigenvalue weighted by molar-refractivity contribution is -0.122. The van der Waals surface area contributed by atoms with Crippen LogP contribution in [0.2, 0.25) is 0 Å². The van der Waals surface area contributed by atoms with E-state index in [4.69, 9.17) is 0 Å². The number of hydrogen-bond donors (Lipinski definition) is 2. The van der Waals surface area contributed by atoms with E-state index < -0.39 is 0 Å². The fourth-order valence-electron chi connectivity index (χ4n) is 1.47. The van der Waals surface area contributed by atoms with Gasteiger partial charge in [-0.3, -0.25) is 4.79 Å². The highest BCUT2D eigenvalue weighted by Gasteiger charge is 2.13. The molecule has 1 amide bonds. The maximum absolute atomic E-state index is 11.9. The molecule has 18 heavy (non-hydrogen) atoms. The zero-order valence-electron chi connectivity index (χ0n) is 11.5. The molecule has 2 atom stereocenters. The molecule has 0 saturated carbocycles. The first-order chi connectivity index (χ1) is 8.56. The van der Waals surface area contributed by atoms with E-state index >= 15 is 0 Å². The number of hydrogen-bond acceptors (Lipinski definition) is 3. The van der Waals surface area contributed by atoms with E-state index in [1.807, 2.05) is 44.4 Å². The number of thioether (sulfide) groups is 1. The van der Waals surface area contributed by atoms with Crippen molar-refractivity contribution in [2.45, 2.75) is 44.2 Å². The lowest BCUT2D eigenvalue weighted by Crippen LogP contribution is -2.41. The molecular weight excluding hydrogens is 244 g/mol. The van der Waals surface area contributed by atoms with Crippen molar-refractivity contribution < 1.29 is 4.79 Å². The third-order valence-corrected chi connectivity index (χ3v) is 3.61. The number of carbonyl (C=O) groups is 1. The van der Waals surface area contributed by atoms with Gasteiger partial charge in [0.15, 0.2) is 0 Å². The fraction of sp³-hybridized carbons (Fsp3) is 0.500. The maximum atomic E-state index is 11.9. The average molecular weight is 266 g/mol. The van der Waals surface area contributed by atoms with Crippen LogP contribution in [-0.4, -0.2) is 24.2 Å². The Morgan fingerprint density at radius 3 is 2.39 bits per heavy atom. The summed E-state index contributed by atoms with van der Waals surface area (Å²) in [5, 5.41) is 6.17. The predicted molar refractivity (Wildman–Crippen MR) is 79.2 cm³/mol. The number of nitrogens with one attached hydrogen (secondary N) is 2. The third kappa shape index (κ3) is 4.61. The Bertz CT molecular complexity index is 378. The summed E-state index contributed by atoms with van der Waals surface area (Å²) in [6.45, 7) is 5.95. The van der Waals surface area contributed by atoms with Gasteiger partial charge in [-0.2, -0.15) is 0 Å². The number of benzene rings is 1. The van der Waals surface area contributed by atoms with Crippen LogP contribution in [0.25, 0.3) is 0 Å². The summed E-state index contributed by atoms with van der Waals surface area (Å²) in [6.07, 6.45) is 2.99.